The molecule has 0 saturated heterocycles. The van der Waals surface area contributed by atoms with Crippen LogP contribution in [0.2, 0.25) is 0 Å². The lowest BCUT2D eigenvalue weighted by molar-refractivity contribution is 0.115. The highest BCUT2D eigenvalue weighted by atomic mass is 14.9. The van der Waals surface area contributed by atoms with E-state index >= 15 is 0 Å². The van der Waals surface area contributed by atoms with Crippen LogP contribution in [0.1, 0.15) is 51.5 Å². The zero-order valence-electron chi connectivity index (χ0n) is 12.9. The molecule has 2 heteroatoms. The quantitative estimate of drug-likeness (QED) is 0.881. The Hall–Kier alpha value is -0.890. The first-order valence-corrected chi connectivity index (χ1v) is 8.25. The number of rotatable bonds is 5. The van der Waals surface area contributed by atoms with Gasteiger partial charge < -0.3 is 5.32 Å². The first kappa shape index (κ1) is 14.1. The van der Waals surface area contributed by atoms with Crippen LogP contribution < -0.4 is 5.32 Å². The number of pyridine rings is 1. The molecule has 20 heavy (non-hydrogen) atoms. The van der Waals surface area contributed by atoms with Crippen LogP contribution in [0.5, 0.6) is 0 Å². The van der Waals surface area contributed by atoms with Crippen molar-refractivity contribution < 1.29 is 0 Å². The molecule has 0 aliphatic heterocycles. The molecule has 2 fully saturated rings. The third kappa shape index (κ3) is 3.82. The molecule has 2 saturated carbocycles. The summed E-state index contributed by atoms with van der Waals surface area (Å²) in [6.45, 7) is 6.10. The van der Waals surface area contributed by atoms with E-state index < -0.39 is 0 Å². The summed E-state index contributed by atoms with van der Waals surface area (Å²) in [6, 6.07) is 5.14. The molecule has 110 valence electrons. The molecule has 1 aromatic rings. The van der Waals surface area contributed by atoms with E-state index in [1.165, 1.54) is 50.6 Å². The molecule has 0 amide bonds. The highest BCUT2D eigenvalue weighted by Gasteiger charge is 2.35. The van der Waals surface area contributed by atoms with Crippen LogP contribution in [0.3, 0.4) is 0 Å². The van der Waals surface area contributed by atoms with Gasteiger partial charge in [-0.3, -0.25) is 4.98 Å². The summed E-state index contributed by atoms with van der Waals surface area (Å²) in [6.07, 6.45) is 12.0. The van der Waals surface area contributed by atoms with E-state index in [1.54, 1.807) is 0 Å². The second kappa shape index (κ2) is 5.85. The molecule has 0 spiro atoms. The fourth-order valence-corrected chi connectivity index (χ4v) is 3.73. The van der Waals surface area contributed by atoms with Gasteiger partial charge in [-0.05, 0) is 74.0 Å². The van der Waals surface area contributed by atoms with Crippen LogP contribution in [0, 0.1) is 17.3 Å². The number of nitrogens with zero attached hydrogens (tertiary/aromatic N) is 1. The Morgan fingerprint density at radius 1 is 1.25 bits per heavy atom. The SMILES string of the molecule is CC1(C)CCC(CNC2CC2)C(Cc2cccnc2)C1. The molecule has 1 heterocycles. The van der Waals surface area contributed by atoms with Gasteiger partial charge in [-0.25, -0.2) is 0 Å². The summed E-state index contributed by atoms with van der Waals surface area (Å²) >= 11 is 0. The predicted octanol–water partition coefficient (Wildman–Crippen LogP) is 3.82. The van der Waals surface area contributed by atoms with Crippen LogP contribution in [-0.2, 0) is 6.42 Å². The van der Waals surface area contributed by atoms with Crippen LogP contribution >= 0.6 is 0 Å². The molecule has 2 atom stereocenters. The van der Waals surface area contributed by atoms with Gasteiger partial charge in [0.1, 0.15) is 0 Å². The summed E-state index contributed by atoms with van der Waals surface area (Å²) in [7, 11) is 0. The minimum atomic E-state index is 0.517. The standard InChI is InChI=1S/C18H28N2/c1-18(2)8-7-15(13-20-17-5-6-17)16(11-18)10-14-4-3-9-19-12-14/h3-4,9,12,15-17,20H,5-8,10-11,13H2,1-2H3. The second-order valence-electron chi connectivity index (χ2n) is 7.68. The maximum absolute atomic E-state index is 4.28. The van der Waals surface area contributed by atoms with Gasteiger partial charge in [-0.1, -0.05) is 19.9 Å². The zero-order chi connectivity index (χ0) is 14.0. The van der Waals surface area contributed by atoms with Gasteiger partial charge in [0.05, 0.1) is 0 Å². The van der Waals surface area contributed by atoms with Crippen molar-refractivity contribution in [1.29, 1.82) is 0 Å². The molecule has 1 aromatic heterocycles. The highest BCUT2D eigenvalue weighted by Crippen LogP contribution is 2.43. The largest absolute Gasteiger partial charge is 0.314 e. The van der Waals surface area contributed by atoms with Gasteiger partial charge in [0.25, 0.3) is 0 Å². The molecule has 2 aliphatic carbocycles. The van der Waals surface area contributed by atoms with E-state index in [0.29, 0.717) is 5.41 Å². The lowest BCUT2D eigenvalue weighted by Crippen LogP contribution is -2.37. The lowest BCUT2D eigenvalue weighted by Gasteiger charge is -2.41. The number of hydrogen-bond acceptors (Lipinski definition) is 2. The Morgan fingerprint density at radius 2 is 2.10 bits per heavy atom. The predicted molar refractivity (Wildman–Crippen MR) is 83.6 cm³/mol. The van der Waals surface area contributed by atoms with Crippen molar-refractivity contribution in [3.63, 3.8) is 0 Å². The maximum Gasteiger partial charge on any atom is 0.0299 e. The summed E-state index contributed by atoms with van der Waals surface area (Å²) in [5.41, 5.74) is 1.93. The van der Waals surface area contributed by atoms with Crippen LogP contribution in [0.25, 0.3) is 0 Å². The summed E-state index contributed by atoms with van der Waals surface area (Å²) < 4.78 is 0. The van der Waals surface area contributed by atoms with Crippen molar-refractivity contribution >= 4 is 0 Å². The third-order valence-corrected chi connectivity index (χ3v) is 5.14. The fourth-order valence-electron chi connectivity index (χ4n) is 3.73. The Bertz CT molecular complexity index is 420. The number of nitrogens with one attached hydrogen (secondary N) is 1. The Labute approximate surface area is 123 Å². The first-order valence-electron chi connectivity index (χ1n) is 8.25. The highest BCUT2D eigenvalue weighted by molar-refractivity contribution is 5.10. The van der Waals surface area contributed by atoms with Gasteiger partial charge in [-0.2, -0.15) is 0 Å². The number of aromatic nitrogens is 1. The Kier molecular flexibility index (Phi) is 4.11. The molecule has 2 nitrogen and oxygen atoms in total. The average Bonchev–Trinajstić information content (AvgIpc) is 3.22. The first-order chi connectivity index (χ1) is 9.62. The summed E-state index contributed by atoms with van der Waals surface area (Å²) in [4.78, 5) is 4.28. The molecule has 0 aromatic carbocycles. The van der Waals surface area contributed by atoms with Crippen molar-refractivity contribution in [1.82, 2.24) is 10.3 Å². The van der Waals surface area contributed by atoms with E-state index in [0.717, 1.165) is 17.9 Å². The van der Waals surface area contributed by atoms with Crippen molar-refractivity contribution in [2.24, 2.45) is 17.3 Å². The van der Waals surface area contributed by atoms with Gasteiger partial charge in [0, 0.05) is 18.4 Å². The lowest BCUT2D eigenvalue weighted by atomic mass is 9.65. The molecule has 2 aliphatic rings. The van der Waals surface area contributed by atoms with Gasteiger partial charge in [0.2, 0.25) is 0 Å². The monoisotopic (exact) mass is 272 g/mol. The van der Waals surface area contributed by atoms with Crippen LogP contribution in [-0.4, -0.2) is 17.6 Å². The number of hydrogen-bond donors (Lipinski definition) is 1. The van der Waals surface area contributed by atoms with Crippen molar-refractivity contribution in [2.45, 2.75) is 58.4 Å². The Balaban J connectivity index is 1.64. The van der Waals surface area contributed by atoms with E-state index in [1.807, 2.05) is 12.4 Å². The molecular formula is C18H28N2. The van der Waals surface area contributed by atoms with Gasteiger partial charge >= 0.3 is 0 Å². The summed E-state index contributed by atoms with van der Waals surface area (Å²) in [5, 5.41) is 3.75. The van der Waals surface area contributed by atoms with E-state index in [9.17, 15) is 0 Å². The zero-order valence-corrected chi connectivity index (χ0v) is 12.9. The van der Waals surface area contributed by atoms with E-state index in [-0.39, 0.29) is 0 Å². The van der Waals surface area contributed by atoms with E-state index in [4.69, 9.17) is 0 Å². The average molecular weight is 272 g/mol. The molecule has 2 unspecified atom stereocenters. The maximum atomic E-state index is 4.28. The van der Waals surface area contributed by atoms with Crippen LogP contribution in [0.15, 0.2) is 24.5 Å². The van der Waals surface area contributed by atoms with Gasteiger partial charge in [0.15, 0.2) is 0 Å². The molecule has 0 bridgehead atoms. The Morgan fingerprint density at radius 3 is 2.80 bits per heavy atom. The smallest absolute Gasteiger partial charge is 0.0299 e. The van der Waals surface area contributed by atoms with Crippen LogP contribution in [0.4, 0.5) is 0 Å². The molecule has 3 rings (SSSR count). The van der Waals surface area contributed by atoms with E-state index in [2.05, 4.69) is 36.3 Å². The summed E-state index contributed by atoms with van der Waals surface area (Å²) in [5.74, 6) is 1.66. The third-order valence-electron chi connectivity index (χ3n) is 5.14. The minimum absolute atomic E-state index is 0.517. The molecule has 1 N–H and O–H groups in total. The van der Waals surface area contributed by atoms with Crippen molar-refractivity contribution in [2.75, 3.05) is 6.54 Å². The van der Waals surface area contributed by atoms with Crippen molar-refractivity contribution in [3.05, 3.63) is 30.1 Å². The topological polar surface area (TPSA) is 24.9 Å². The minimum Gasteiger partial charge on any atom is -0.314 e. The molecular weight excluding hydrogens is 244 g/mol. The molecule has 0 radical (unpaired) electrons. The normalized spacial score (nSPS) is 29.3. The van der Waals surface area contributed by atoms with Crippen molar-refractivity contribution in [3.8, 4) is 0 Å². The second-order valence-corrected chi connectivity index (χ2v) is 7.68. The fraction of sp³-hybridized carbons (Fsp3) is 0.722. The van der Waals surface area contributed by atoms with Gasteiger partial charge in [-0.15, -0.1) is 0 Å².